The molecule has 1 amide bonds. The Hall–Kier alpha value is -2.21. The molecule has 3 fully saturated rings. The third-order valence-electron chi connectivity index (χ3n) is 8.50. The fourth-order valence-corrected chi connectivity index (χ4v) is 6.81. The van der Waals surface area contributed by atoms with E-state index in [4.69, 9.17) is 0 Å². The summed E-state index contributed by atoms with van der Waals surface area (Å²) in [5, 5.41) is 8.91. The van der Waals surface area contributed by atoms with Crippen LogP contribution in [-0.4, -0.2) is 50.7 Å². The monoisotopic (exact) mass is 463 g/mol. The van der Waals surface area contributed by atoms with Crippen LogP contribution in [0.15, 0.2) is 30.3 Å². The Kier molecular flexibility index (Phi) is 7.05. The minimum Gasteiger partial charge on any atom is -0.312 e. The maximum Gasteiger partial charge on any atom is 0.230 e. The molecule has 3 heterocycles. The molecule has 1 aromatic heterocycles. The topological polar surface area (TPSA) is 54.3 Å². The summed E-state index contributed by atoms with van der Waals surface area (Å²) >= 11 is 0. The molecule has 2 saturated heterocycles. The second-order valence-corrected chi connectivity index (χ2v) is 11.0. The normalized spacial score (nSPS) is 25.7. The van der Waals surface area contributed by atoms with Crippen molar-refractivity contribution in [3.63, 3.8) is 0 Å². The van der Waals surface area contributed by atoms with Crippen molar-refractivity contribution in [2.45, 2.75) is 103 Å². The predicted molar refractivity (Wildman–Crippen MR) is 136 cm³/mol. The van der Waals surface area contributed by atoms with Crippen LogP contribution in [0, 0.1) is 12.8 Å². The zero-order valence-corrected chi connectivity index (χ0v) is 21.2. The van der Waals surface area contributed by atoms with Crippen molar-refractivity contribution in [3.8, 4) is 0 Å². The number of aromatic nitrogens is 3. The SMILES string of the molecule is Cc1nnc(C(C)C)n1C1C[C@H]2CC[C@H](C1)N2CCN(C(=O)C1CCCCC1)c1ccccc1. The van der Waals surface area contributed by atoms with Crippen LogP contribution in [0.3, 0.4) is 0 Å². The van der Waals surface area contributed by atoms with E-state index in [0.717, 1.165) is 56.1 Å². The molecule has 0 unspecified atom stereocenters. The second-order valence-electron chi connectivity index (χ2n) is 11.0. The third-order valence-corrected chi connectivity index (χ3v) is 8.50. The van der Waals surface area contributed by atoms with Gasteiger partial charge in [0.15, 0.2) is 0 Å². The first-order chi connectivity index (χ1) is 16.5. The summed E-state index contributed by atoms with van der Waals surface area (Å²) in [6.45, 7) is 8.28. The summed E-state index contributed by atoms with van der Waals surface area (Å²) in [6, 6.07) is 12.0. The molecule has 0 radical (unpaired) electrons. The number of hydrogen-bond donors (Lipinski definition) is 0. The minimum absolute atomic E-state index is 0.197. The maximum absolute atomic E-state index is 13.6. The highest BCUT2D eigenvalue weighted by Crippen LogP contribution is 2.42. The Balaban J connectivity index is 1.29. The Morgan fingerprint density at radius 1 is 0.971 bits per heavy atom. The van der Waals surface area contributed by atoms with Crippen LogP contribution < -0.4 is 4.90 Å². The van der Waals surface area contributed by atoms with Gasteiger partial charge in [-0.25, -0.2) is 0 Å². The lowest BCUT2D eigenvalue weighted by Gasteiger charge is -2.41. The van der Waals surface area contributed by atoms with Crippen molar-refractivity contribution in [2.75, 3.05) is 18.0 Å². The maximum atomic E-state index is 13.6. The molecule has 184 valence electrons. The second kappa shape index (κ2) is 10.2. The number of fused-ring (bicyclic) bond motifs is 2. The van der Waals surface area contributed by atoms with Crippen LogP contribution in [-0.2, 0) is 4.79 Å². The molecule has 2 aliphatic heterocycles. The van der Waals surface area contributed by atoms with Crippen LogP contribution in [0.25, 0.3) is 0 Å². The number of carbonyl (C=O) groups excluding carboxylic acids is 1. The van der Waals surface area contributed by atoms with Crippen molar-refractivity contribution in [1.29, 1.82) is 0 Å². The number of para-hydroxylation sites is 1. The number of piperidine rings is 1. The summed E-state index contributed by atoms with van der Waals surface area (Å²) in [6.07, 6.45) is 10.6. The first-order valence-electron chi connectivity index (χ1n) is 13.6. The minimum atomic E-state index is 0.197. The highest BCUT2D eigenvalue weighted by molar-refractivity contribution is 5.95. The first-order valence-corrected chi connectivity index (χ1v) is 13.6. The van der Waals surface area contributed by atoms with Gasteiger partial charge in [0.05, 0.1) is 0 Å². The van der Waals surface area contributed by atoms with Crippen LogP contribution in [0.2, 0.25) is 0 Å². The summed E-state index contributed by atoms with van der Waals surface area (Å²) < 4.78 is 2.43. The number of amides is 1. The van der Waals surface area contributed by atoms with Crippen LogP contribution in [0.4, 0.5) is 5.69 Å². The van der Waals surface area contributed by atoms with Gasteiger partial charge in [0.25, 0.3) is 0 Å². The van der Waals surface area contributed by atoms with Gasteiger partial charge in [-0.15, -0.1) is 10.2 Å². The van der Waals surface area contributed by atoms with E-state index in [0.29, 0.717) is 30.0 Å². The summed E-state index contributed by atoms with van der Waals surface area (Å²) in [7, 11) is 0. The number of hydrogen-bond acceptors (Lipinski definition) is 4. The van der Waals surface area contributed by atoms with Gasteiger partial charge in [-0.3, -0.25) is 9.69 Å². The average molecular weight is 464 g/mol. The summed E-state index contributed by atoms with van der Waals surface area (Å²) in [4.78, 5) is 18.4. The molecule has 0 spiro atoms. The molecule has 5 rings (SSSR count). The van der Waals surface area contributed by atoms with Crippen molar-refractivity contribution in [1.82, 2.24) is 19.7 Å². The van der Waals surface area contributed by atoms with Gasteiger partial charge in [-0.1, -0.05) is 51.3 Å². The average Bonchev–Trinajstić information content (AvgIpc) is 3.35. The first kappa shape index (κ1) is 23.5. The van der Waals surface area contributed by atoms with E-state index in [-0.39, 0.29) is 5.92 Å². The number of carbonyl (C=O) groups is 1. The largest absolute Gasteiger partial charge is 0.312 e. The van der Waals surface area contributed by atoms with Crippen LogP contribution in [0.1, 0.15) is 95.2 Å². The zero-order chi connectivity index (χ0) is 23.7. The number of aryl methyl sites for hydroxylation is 1. The molecule has 2 atom stereocenters. The summed E-state index contributed by atoms with van der Waals surface area (Å²) in [5.41, 5.74) is 1.06. The third kappa shape index (κ3) is 4.66. The van der Waals surface area contributed by atoms with Crippen molar-refractivity contribution in [2.24, 2.45) is 5.92 Å². The fraction of sp³-hybridized carbons (Fsp3) is 0.679. The lowest BCUT2D eigenvalue weighted by molar-refractivity contribution is -0.123. The van der Waals surface area contributed by atoms with Gasteiger partial charge in [-0.05, 0) is 57.6 Å². The molecule has 2 aromatic rings. The predicted octanol–water partition coefficient (Wildman–Crippen LogP) is 5.49. The molecule has 6 heteroatoms. The van der Waals surface area contributed by atoms with E-state index in [2.05, 4.69) is 69.6 Å². The van der Waals surface area contributed by atoms with Gasteiger partial charge in [0.2, 0.25) is 5.91 Å². The highest BCUT2D eigenvalue weighted by Gasteiger charge is 2.42. The van der Waals surface area contributed by atoms with Crippen LogP contribution in [0.5, 0.6) is 0 Å². The number of rotatable bonds is 7. The van der Waals surface area contributed by atoms with Crippen molar-refractivity contribution < 1.29 is 4.79 Å². The molecule has 2 bridgehead atoms. The molecule has 1 aliphatic carbocycles. The summed E-state index contributed by atoms with van der Waals surface area (Å²) in [5.74, 6) is 3.11. The molecule has 0 N–H and O–H groups in total. The zero-order valence-electron chi connectivity index (χ0n) is 21.2. The van der Waals surface area contributed by atoms with Gasteiger partial charge in [-0.2, -0.15) is 0 Å². The van der Waals surface area contributed by atoms with Crippen molar-refractivity contribution in [3.05, 3.63) is 42.0 Å². The number of nitrogens with zero attached hydrogens (tertiary/aromatic N) is 5. The highest BCUT2D eigenvalue weighted by atomic mass is 16.2. The van der Waals surface area contributed by atoms with E-state index in [1.54, 1.807) is 0 Å². The fourth-order valence-electron chi connectivity index (χ4n) is 6.81. The van der Waals surface area contributed by atoms with E-state index < -0.39 is 0 Å². The molecule has 6 nitrogen and oxygen atoms in total. The lowest BCUT2D eigenvalue weighted by atomic mass is 9.88. The Morgan fingerprint density at radius 2 is 1.65 bits per heavy atom. The van der Waals surface area contributed by atoms with E-state index in [1.165, 1.54) is 32.1 Å². The number of anilines is 1. The van der Waals surface area contributed by atoms with E-state index in [1.807, 2.05) is 6.07 Å². The van der Waals surface area contributed by atoms with Gasteiger partial charge in [0, 0.05) is 48.7 Å². The smallest absolute Gasteiger partial charge is 0.230 e. The van der Waals surface area contributed by atoms with Gasteiger partial charge < -0.3 is 9.47 Å². The Bertz CT molecular complexity index is 950. The molecular formula is C28H41N5O. The van der Waals surface area contributed by atoms with E-state index in [9.17, 15) is 4.79 Å². The molecular weight excluding hydrogens is 422 g/mol. The van der Waals surface area contributed by atoms with Crippen LogP contribution >= 0.6 is 0 Å². The standard InChI is InChI=1S/C28H41N5O/c1-20(2)27-30-29-21(3)33(27)26-18-24-14-15-25(19-26)31(24)16-17-32(23-12-8-5-9-13-23)28(34)22-10-6-4-7-11-22/h5,8-9,12-13,20,22,24-26H,4,6-7,10-11,14-19H2,1-3H3/t24-,25-/m1/s1. The lowest BCUT2D eigenvalue weighted by Crippen LogP contribution is -2.48. The van der Waals surface area contributed by atoms with Gasteiger partial charge >= 0.3 is 0 Å². The Morgan fingerprint density at radius 3 is 2.29 bits per heavy atom. The molecule has 1 saturated carbocycles. The molecule has 1 aromatic carbocycles. The molecule has 34 heavy (non-hydrogen) atoms. The molecule has 3 aliphatic rings. The van der Waals surface area contributed by atoms with Crippen molar-refractivity contribution >= 4 is 11.6 Å². The quantitative estimate of drug-likeness (QED) is 0.545. The van der Waals surface area contributed by atoms with Gasteiger partial charge in [0.1, 0.15) is 11.6 Å². The van der Waals surface area contributed by atoms with E-state index >= 15 is 0 Å². The Labute approximate surface area is 204 Å². The number of benzene rings is 1.